The van der Waals surface area contributed by atoms with Crippen LogP contribution in [0.5, 0.6) is 5.75 Å². The number of carbonyl (C=O) groups excluding carboxylic acids is 2. The quantitative estimate of drug-likeness (QED) is 0.365. The van der Waals surface area contributed by atoms with Crippen LogP contribution < -0.4 is 9.64 Å². The second-order valence-electron chi connectivity index (χ2n) is 6.64. The normalized spacial score (nSPS) is 13.0. The van der Waals surface area contributed by atoms with Crippen LogP contribution in [0, 0.1) is 6.92 Å². The van der Waals surface area contributed by atoms with Crippen LogP contribution in [0.2, 0.25) is 0 Å². The van der Waals surface area contributed by atoms with E-state index in [0.29, 0.717) is 22.8 Å². The van der Waals surface area contributed by atoms with Gasteiger partial charge in [-0.1, -0.05) is 42.1 Å². The zero-order chi connectivity index (χ0) is 20.4. The number of amides is 1. The molecule has 2 heterocycles. The molecule has 0 fully saturated rings. The molecule has 2 aromatic carbocycles. The molecule has 4 rings (SSSR count). The van der Waals surface area contributed by atoms with E-state index >= 15 is 0 Å². The van der Waals surface area contributed by atoms with E-state index in [2.05, 4.69) is 9.97 Å². The minimum Gasteiger partial charge on any atom is -0.482 e. The monoisotopic (exact) mass is 405 g/mol. The maximum atomic E-state index is 12.7. The first kappa shape index (κ1) is 19.1. The molecule has 0 spiro atoms. The molecule has 1 aromatic heterocycles. The zero-order valence-corrected chi connectivity index (χ0v) is 16.9. The van der Waals surface area contributed by atoms with Crippen LogP contribution >= 0.6 is 11.8 Å². The van der Waals surface area contributed by atoms with Gasteiger partial charge >= 0.3 is 0 Å². The van der Waals surface area contributed by atoms with Gasteiger partial charge in [0.15, 0.2) is 12.4 Å². The number of ketones is 1. The predicted octanol–water partition coefficient (Wildman–Crippen LogP) is 3.78. The molecular formula is C22H19N3O3S. The molecule has 29 heavy (non-hydrogen) atoms. The van der Waals surface area contributed by atoms with Crippen LogP contribution in [0.15, 0.2) is 59.6 Å². The first-order valence-electron chi connectivity index (χ1n) is 9.12. The zero-order valence-electron chi connectivity index (χ0n) is 16.1. The van der Waals surface area contributed by atoms with Gasteiger partial charge in [0.2, 0.25) is 0 Å². The van der Waals surface area contributed by atoms with Crippen molar-refractivity contribution in [3.05, 3.63) is 66.0 Å². The van der Waals surface area contributed by atoms with Crippen molar-refractivity contribution in [1.29, 1.82) is 0 Å². The first-order valence-corrected chi connectivity index (χ1v) is 10.1. The number of fused-ring (bicyclic) bond motifs is 1. The Hall–Kier alpha value is -3.19. The fraction of sp³-hybridized carbons (Fsp3) is 0.182. The Morgan fingerprint density at radius 1 is 1.14 bits per heavy atom. The van der Waals surface area contributed by atoms with Crippen molar-refractivity contribution in [3.8, 4) is 17.0 Å². The standard InChI is InChI=1S/C22H19N3O3S/c1-14-23-17(15-6-4-3-5-7-15)11-21(24-14)29-13-19(26)16-8-9-20-18(10-16)25(2)22(27)12-28-20/h3-11H,12-13H2,1-2H3. The molecule has 0 bridgehead atoms. The van der Waals surface area contributed by atoms with Crippen molar-refractivity contribution in [1.82, 2.24) is 9.97 Å². The third-order valence-corrected chi connectivity index (χ3v) is 5.51. The second kappa shape index (κ2) is 8.05. The minimum absolute atomic E-state index is 0.0173. The number of thioether (sulfide) groups is 1. The summed E-state index contributed by atoms with van der Waals surface area (Å²) in [5.41, 5.74) is 2.99. The molecule has 0 aliphatic carbocycles. The molecule has 1 aliphatic heterocycles. The summed E-state index contributed by atoms with van der Waals surface area (Å²) >= 11 is 1.37. The van der Waals surface area contributed by atoms with E-state index in [9.17, 15) is 9.59 Å². The Morgan fingerprint density at radius 3 is 2.72 bits per heavy atom. The number of nitrogens with zero attached hydrogens (tertiary/aromatic N) is 3. The molecule has 6 nitrogen and oxygen atoms in total. The third kappa shape index (κ3) is 4.14. The fourth-order valence-corrected chi connectivity index (χ4v) is 3.88. The highest BCUT2D eigenvalue weighted by Gasteiger charge is 2.23. The summed E-state index contributed by atoms with van der Waals surface area (Å²) in [6.45, 7) is 1.86. The molecule has 1 amide bonds. The summed E-state index contributed by atoms with van der Waals surface area (Å²) in [6.07, 6.45) is 0. The molecule has 0 unspecified atom stereocenters. The lowest BCUT2D eigenvalue weighted by Gasteiger charge is -2.26. The van der Waals surface area contributed by atoms with Gasteiger partial charge in [-0.2, -0.15) is 0 Å². The topological polar surface area (TPSA) is 72.4 Å². The highest BCUT2D eigenvalue weighted by atomic mass is 32.2. The lowest BCUT2D eigenvalue weighted by molar-refractivity contribution is -0.120. The largest absolute Gasteiger partial charge is 0.482 e. The van der Waals surface area contributed by atoms with E-state index in [1.807, 2.05) is 43.3 Å². The number of Topliss-reactive ketones (excluding diaryl/α,β-unsaturated/α-hetero) is 1. The van der Waals surface area contributed by atoms with Crippen LogP contribution in [0.25, 0.3) is 11.3 Å². The number of hydrogen-bond acceptors (Lipinski definition) is 6. The van der Waals surface area contributed by atoms with E-state index in [0.717, 1.165) is 16.3 Å². The minimum atomic E-state index is -0.138. The molecule has 0 N–H and O–H groups in total. The van der Waals surface area contributed by atoms with Crippen LogP contribution in [0.3, 0.4) is 0 Å². The highest BCUT2D eigenvalue weighted by Crippen LogP contribution is 2.32. The average Bonchev–Trinajstić information content (AvgIpc) is 2.75. The molecule has 3 aromatic rings. The Bertz CT molecular complexity index is 1090. The summed E-state index contributed by atoms with van der Waals surface area (Å²) in [7, 11) is 1.68. The number of likely N-dealkylation sites (N-methyl/N-ethyl adjacent to an activating group) is 1. The molecule has 7 heteroatoms. The number of carbonyl (C=O) groups is 2. The number of aromatic nitrogens is 2. The Morgan fingerprint density at radius 2 is 1.93 bits per heavy atom. The number of ether oxygens (including phenoxy) is 1. The lowest BCUT2D eigenvalue weighted by atomic mass is 10.1. The summed E-state index contributed by atoms with van der Waals surface area (Å²) in [4.78, 5) is 35.0. The summed E-state index contributed by atoms with van der Waals surface area (Å²) in [6, 6.07) is 16.9. The van der Waals surface area contributed by atoms with Crippen LogP contribution in [0.1, 0.15) is 16.2 Å². The molecular weight excluding hydrogens is 386 g/mol. The number of anilines is 1. The SMILES string of the molecule is Cc1nc(SCC(=O)c2ccc3c(c2)N(C)C(=O)CO3)cc(-c2ccccc2)n1. The van der Waals surface area contributed by atoms with E-state index in [1.165, 1.54) is 16.7 Å². The molecule has 146 valence electrons. The van der Waals surface area contributed by atoms with Crippen molar-refractivity contribution in [2.45, 2.75) is 11.9 Å². The van der Waals surface area contributed by atoms with Gasteiger partial charge in [-0.15, -0.1) is 0 Å². The number of rotatable bonds is 5. The highest BCUT2D eigenvalue weighted by molar-refractivity contribution is 7.99. The van der Waals surface area contributed by atoms with Crippen molar-refractivity contribution in [2.24, 2.45) is 0 Å². The number of hydrogen-bond donors (Lipinski definition) is 0. The first-order chi connectivity index (χ1) is 14.0. The molecule has 0 radical (unpaired) electrons. The van der Waals surface area contributed by atoms with Crippen molar-refractivity contribution in [3.63, 3.8) is 0 Å². The molecule has 0 saturated heterocycles. The van der Waals surface area contributed by atoms with E-state index in [4.69, 9.17) is 4.74 Å². The van der Waals surface area contributed by atoms with Crippen LogP contribution in [-0.4, -0.2) is 41.1 Å². The van der Waals surface area contributed by atoms with Gasteiger partial charge in [0.25, 0.3) is 5.91 Å². The number of benzene rings is 2. The summed E-state index contributed by atoms with van der Waals surface area (Å²) in [5, 5.41) is 0.748. The molecule has 0 saturated carbocycles. The van der Waals surface area contributed by atoms with Gasteiger partial charge in [-0.25, -0.2) is 9.97 Å². The van der Waals surface area contributed by atoms with Crippen LogP contribution in [0.4, 0.5) is 5.69 Å². The summed E-state index contributed by atoms with van der Waals surface area (Å²) in [5.74, 6) is 1.33. The fourth-order valence-electron chi connectivity index (χ4n) is 3.04. The smallest absolute Gasteiger partial charge is 0.264 e. The van der Waals surface area contributed by atoms with Gasteiger partial charge in [-0.05, 0) is 31.2 Å². The van der Waals surface area contributed by atoms with E-state index < -0.39 is 0 Å². The van der Waals surface area contributed by atoms with E-state index in [-0.39, 0.29) is 24.1 Å². The van der Waals surface area contributed by atoms with Gasteiger partial charge in [0.05, 0.1) is 17.1 Å². The maximum Gasteiger partial charge on any atom is 0.264 e. The molecule has 1 aliphatic rings. The third-order valence-electron chi connectivity index (χ3n) is 4.60. The second-order valence-corrected chi connectivity index (χ2v) is 7.64. The molecule has 0 atom stereocenters. The maximum absolute atomic E-state index is 12.7. The van der Waals surface area contributed by atoms with Gasteiger partial charge < -0.3 is 9.64 Å². The Kier molecular flexibility index (Phi) is 5.31. The van der Waals surface area contributed by atoms with Crippen LogP contribution in [-0.2, 0) is 4.79 Å². The lowest BCUT2D eigenvalue weighted by Crippen LogP contribution is -2.35. The van der Waals surface area contributed by atoms with E-state index in [1.54, 1.807) is 25.2 Å². The predicted molar refractivity (Wildman–Crippen MR) is 113 cm³/mol. The van der Waals surface area contributed by atoms with Crippen molar-refractivity contribution < 1.29 is 14.3 Å². The summed E-state index contributed by atoms with van der Waals surface area (Å²) < 4.78 is 5.41. The van der Waals surface area contributed by atoms with Crippen molar-refractivity contribution in [2.75, 3.05) is 24.3 Å². The van der Waals surface area contributed by atoms with Gasteiger partial charge in [-0.3, -0.25) is 9.59 Å². The average molecular weight is 405 g/mol. The van der Waals surface area contributed by atoms with Crippen molar-refractivity contribution >= 4 is 29.1 Å². The van der Waals surface area contributed by atoms with Gasteiger partial charge in [0.1, 0.15) is 16.6 Å². The Labute approximate surface area is 172 Å². The Balaban J connectivity index is 1.51. The van der Waals surface area contributed by atoms with Gasteiger partial charge in [0, 0.05) is 18.2 Å². The number of aryl methyl sites for hydroxylation is 1.